The highest BCUT2D eigenvalue weighted by Crippen LogP contribution is 2.35. The molecule has 0 aromatic heterocycles. The lowest BCUT2D eigenvalue weighted by atomic mass is 9.76. The first kappa shape index (κ1) is 14.6. The van der Waals surface area contributed by atoms with E-state index in [9.17, 15) is 14.7 Å². The lowest BCUT2D eigenvalue weighted by Gasteiger charge is -2.40. The van der Waals surface area contributed by atoms with Crippen molar-refractivity contribution >= 4 is 11.9 Å². The predicted molar refractivity (Wildman–Crippen MR) is 76.6 cm³/mol. The summed E-state index contributed by atoms with van der Waals surface area (Å²) in [6.07, 6.45) is 2.86. The molecule has 0 spiro atoms. The molecule has 108 valence electrons. The monoisotopic (exact) mass is 275 g/mol. The minimum absolute atomic E-state index is 0.0629. The van der Waals surface area contributed by atoms with E-state index in [2.05, 4.69) is 0 Å². The number of carboxylic acids is 1. The van der Waals surface area contributed by atoms with Crippen molar-refractivity contribution in [3.05, 3.63) is 35.9 Å². The average Bonchev–Trinajstić information content (AvgIpc) is 2.48. The zero-order valence-corrected chi connectivity index (χ0v) is 11.8. The number of carbonyl (C=O) groups excluding carboxylic acids is 1. The molecule has 0 saturated carbocycles. The van der Waals surface area contributed by atoms with Crippen LogP contribution in [0.3, 0.4) is 0 Å². The summed E-state index contributed by atoms with van der Waals surface area (Å²) in [5, 5.41) is 9.55. The van der Waals surface area contributed by atoms with E-state index < -0.39 is 11.4 Å². The third-order valence-electron chi connectivity index (χ3n) is 4.07. The number of carboxylic acid groups (broad SMARTS) is 1. The molecule has 20 heavy (non-hydrogen) atoms. The van der Waals surface area contributed by atoms with E-state index in [-0.39, 0.29) is 5.91 Å². The summed E-state index contributed by atoms with van der Waals surface area (Å²) in [5.74, 6) is -0.836. The number of aliphatic carboxylic acids is 1. The van der Waals surface area contributed by atoms with Crippen LogP contribution < -0.4 is 0 Å². The van der Waals surface area contributed by atoms with Crippen molar-refractivity contribution in [1.82, 2.24) is 4.90 Å². The zero-order valence-electron chi connectivity index (χ0n) is 11.8. The molecule has 1 atom stereocenters. The highest BCUT2D eigenvalue weighted by atomic mass is 16.4. The van der Waals surface area contributed by atoms with E-state index in [1.54, 1.807) is 17.0 Å². The Morgan fingerprint density at radius 3 is 2.60 bits per heavy atom. The van der Waals surface area contributed by atoms with Crippen LogP contribution in [0.25, 0.3) is 0 Å². The predicted octanol–water partition coefficient (Wildman–Crippen LogP) is 2.79. The summed E-state index contributed by atoms with van der Waals surface area (Å²) >= 11 is 0. The minimum atomic E-state index is -0.773. The molecule has 1 heterocycles. The van der Waals surface area contributed by atoms with Crippen molar-refractivity contribution in [3.63, 3.8) is 0 Å². The van der Waals surface area contributed by atoms with Gasteiger partial charge in [0.05, 0.1) is 5.41 Å². The summed E-state index contributed by atoms with van der Waals surface area (Å²) in [4.78, 5) is 25.8. The van der Waals surface area contributed by atoms with Gasteiger partial charge in [0.15, 0.2) is 0 Å². The highest BCUT2D eigenvalue weighted by Gasteiger charge is 2.42. The Balaban J connectivity index is 2.18. The molecule has 1 fully saturated rings. The number of hydrogen-bond acceptors (Lipinski definition) is 2. The van der Waals surface area contributed by atoms with E-state index in [1.807, 2.05) is 25.1 Å². The Kier molecular flexibility index (Phi) is 4.42. The Hall–Kier alpha value is -1.84. The van der Waals surface area contributed by atoms with Gasteiger partial charge in [-0.2, -0.15) is 0 Å². The van der Waals surface area contributed by atoms with Crippen molar-refractivity contribution in [2.24, 2.45) is 5.41 Å². The molecule has 1 aromatic rings. The molecule has 0 bridgehead atoms. The van der Waals surface area contributed by atoms with Gasteiger partial charge in [-0.05, 0) is 31.4 Å². The molecule has 2 rings (SSSR count). The van der Waals surface area contributed by atoms with Crippen LogP contribution in [0.5, 0.6) is 0 Å². The number of likely N-dealkylation sites (tertiary alicyclic amines) is 1. The Morgan fingerprint density at radius 2 is 2.00 bits per heavy atom. The van der Waals surface area contributed by atoms with E-state index in [0.29, 0.717) is 31.5 Å². The van der Waals surface area contributed by atoms with Crippen molar-refractivity contribution < 1.29 is 14.7 Å². The fraction of sp³-hybridized carbons (Fsp3) is 0.500. The average molecular weight is 275 g/mol. The van der Waals surface area contributed by atoms with Gasteiger partial charge in [0.2, 0.25) is 0 Å². The lowest BCUT2D eigenvalue weighted by molar-refractivity contribution is -0.152. The minimum Gasteiger partial charge on any atom is -0.481 e. The number of benzene rings is 1. The quantitative estimate of drug-likeness (QED) is 0.919. The number of nitrogens with zero attached hydrogens (tertiary/aromatic N) is 1. The molecule has 0 radical (unpaired) electrons. The molecule has 1 aliphatic heterocycles. The van der Waals surface area contributed by atoms with Gasteiger partial charge in [-0.25, -0.2) is 0 Å². The van der Waals surface area contributed by atoms with E-state index in [1.165, 1.54) is 0 Å². The van der Waals surface area contributed by atoms with Crippen LogP contribution in [0.2, 0.25) is 0 Å². The zero-order chi connectivity index (χ0) is 14.6. The molecule has 0 aliphatic carbocycles. The number of hydrogen-bond donors (Lipinski definition) is 1. The van der Waals surface area contributed by atoms with Crippen LogP contribution in [0.4, 0.5) is 0 Å². The van der Waals surface area contributed by atoms with Crippen molar-refractivity contribution in [2.75, 3.05) is 13.1 Å². The van der Waals surface area contributed by atoms with Gasteiger partial charge >= 0.3 is 5.97 Å². The van der Waals surface area contributed by atoms with Gasteiger partial charge in [-0.3, -0.25) is 9.59 Å². The van der Waals surface area contributed by atoms with Gasteiger partial charge in [0.25, 0.3) is 5.91 Å². The third kappa shape index (κ3) is 2.84. The van der Waals surface area contributed by atoms with Gasteiger partial charge in [-0.15, -0.1) is 0 Å². The second-order valence-electron chi connectivity index (χ2n) is 5.53. The number of amides is 1. The molecule has 1 aliphatic rings. The smallest absolute Gasteiger partial charge is 0.311 e. The second kappa shape index (κ2) is 6.07. The van der Waals surface area contributed by atoms with Gasteiger partial charge in [0, 0.05) is 18.7 Å². The topological polar surface area (TPSA) is 57.6 Å². The maximum atomic E-state index is 12.4. The van der Waals surface area contributed by atoms with E-state index in [0.717, 1.165) is 12.8 Å². The highest BCUT2D eigenvalue weighted by molar-refractivity contribution is 5.94. The van der Waals surface area contributed by atoms with Crippen molar-refractivity contribution in [3.8, 4) is 0 Å². The number of carbonyl (C=O) groups is 2. The number of rotatable bonds is 4. The van der Waals surface area contributed by atoms with E-state index >= 15 is 0 Å². The summed E-state index contributed by atoms with van der Waals surface area (Å²) < 4.78 is 0. The molecule has 1 saturated heterocycles. The first-order valence-electron chi connectivity index (χ1n) is 7.17. The van der Waals surface area contributed by atoms with Crippen molar-refractivity contribution in [1.29, 1.82) is 0 Å². The van der Waals surface area contributed by atoms with Crippen LogP contribution in [0.1, 0.15) is 43.0 Å². The van der Waals surface area contributed by atoms with E-state index in [4.69, 9.17) is 0 Å². The Morgan fingerprint density at radius 1 is 1.30 bits per heavy atom. The molecule has 1 amide bonds. The molecule has 1 unspecified atom stereocenters. The fourth-order valence-electron chi connectivity index (χ4n) is 3.03. The summed E-state index contributed by atoms with van der Waals surface area (Å²) in [7, 11) is 0. The fourth-order valence-corrected chi connectivity index (χ4v) is 3.03. The Bertz CT molecular complexity index is 482. The van der Waals surface area contributed by atoms with Gasteiger partial charge < -0.3 is 10.0 Å². The van der Waals surface area contributed by atoms with Crippen LogP contribution >= 0.6 is 0 Å². The molecule has 1 aromatic carbocycles. The largest absolute Gasteiger partial charge is 0.481 e. The summed E-state index contributed by atoms with van der Waals surface area (Å²) in [5.41, 5.74) is -0.137. The van der Waals surface area contributed by atoms with Crippen molar-refractivity contribution in [2.45, 2.75) is 32.6 Å². The first-order valence-corrected chi connectivity index (χ1v) is 7.17. The lowest BCUT2D eigenvalue weighted by Crippen LogP contribution is -2.49. The number of piperidine rings is 1. The first-order chi connectivity index (χ1) is 9.59. The summed E-state index contributed by atoms with van der Waals surface area (Å²) in [6, 6.07) is 9.07. The maximum absolute atomic E-state index is 12.4. The Labute approximate surface area is 119 Å². The SMILES string of the molecule is CCCC1(C(=O)O)CCCN(C(=O)c2ccccc2)C1. The van der Waals surface area contributed by atoms with Gasteiger partial charge in [-0.1, -0.05) is 31.5 Å². The van der Waals surface area contributed by atoms with Gasteiger partial charge in [0.1, 0.15) is 0 Å². The molecular formula is C16H21NO3. The molecule has 4 heteroatoms. The molecule has 4 nitrogen and oxygen atoms in total. The van der Waals surface area contributed by atoms with Crippen LogP contribution in [-0.4, -0.2) is 35.0 Å². The van der Waals surface area contributed by atoms with Crippen LogP contribution in [0.15, 0.2) is 30.3 Å². The molecule has 1 N–H and O–H groups in total. The standard InChI is InChI=1S/C16H21NO3/c1-2-9-16(15(19)20)10-6-11-17(12-16)14(18)13-7-4-3-5-8-13/h3-5,7-8H,2,6,9-12H2,1H3,(H,19,20). The normalized spacial score (nSPS) is 22.6. The third-order valence-corrected chi connectivity index (χ3v) is 4.07. The molecular weight excluding hydrogens is 254 g/mol. The van der Waals surface area contributed by atoms with Crippen LogP contribution in [-0.2, 0) is 4.79 Å². The summed E-state index contributed by atoms with van der Waals surface area (Å²) in [6.45, 7) is 2.96. The van der Waals surface area contributed by atoms with Crippen LogP contribution in [0, 0.1) is 5.41 Å². The maximum Gasteiger partial charge on any atom is 0.311 e. The second-order valence-corrected chi connectivity index (χ2v) is 5.53.